The van der Waals surface area contributed by atoms with Gasteiger partial charge in [0, 0.05) is 30.2 Å². The first-order valence-electron chi connectivity index (χ1n) is 7.58. The van der Waals surface area contributed by atoms with E-state index in [4.69, 9.17) is 21.4 Å². The second-order valence-corrected chi connectivity index (χ2v) is 5.93. The van der Waals surface area contributed by atoms with Crippen LogP contribution in [0.25, 0.3) is 0 Å². The molecule has 22 heavy (non-hydrogen) atoms. The van der Waals surface area contributed by atoms with Crippen LogP contribution in [0.4, 0.5) is 0 Å². The number of aliphatic hydroxyl groups is 1. The van der Waals surface area contributed by atoms with Crippen molar-refractivity contribution in [2.24, 2.45) is 0 Å². The Kier molecular flexibility index (Phi) is 4.98. The normalized spacial score (nSPS) is 14.6. The first-order valence-corrected chi connectivity index (χ1v) is 7.96. The van der Waals surface area contributed by atoms with Crippen molar-refractivity contribution in [2.45, 2.75) is 19.5 Å². The molecule has 0 unspecified atom stereocenters. The Morgan fingerprint density at radius 2 is 2.00 bits per heavy atom. The summed E-state index contributed by atoms with van der Waals surface area (Å²) in [5.41, 5.74) is 3.75. The summed E-state index contributed by atoms with van der Waals surface area (Å²) >= 11 is 6.27. The van der Waals surface area contributed by atoms with E-state index in [1.54, 1.807) is 0 Å². The van der Waals surface area contributed by atoms with E-state index in [0.717, 1.165) is 42.4 Å². The van der Waals surface area contributed by atoms with Crippen molar-refractivity contribution in [3.05, 3.63) is 64.2 Å². The zero-order chi connectivity index (χ0) is 15.4. The SMILES string of the molecule is OCCOc1ccccc1CN1CCc2c(Cl)cccc2C1. The zero-order valence-corrected chi connectivity index (χ0v) is 13.2. The van der Waals surface area contributed by atoms with Gasteiger partial charge in [-0.15, -0.1) is 0 Å². The molecule has 3 rings (SSSR count). The van der Waals surface area contributed by atoms with Gasteiger partial charge in [-0.05, 0) is 29.7 Å². The largest absolute Gasteiger partial charge is 0.491 e. The van der Waals surface area contributed by atoms with E-state index in [2.05, 4.69) is 17.0 Å². The molecule has 2 aromatic rings. The third kappa shape index (κ3) is 3.43. The maximum atomic E-state index is 8.93. The van der Waals surface area contributed by atoms with Crippen molar-refractivity contribution >= 4 is 11.6 Å². The van der Waals surface area contributed by atoms with Crippen molar-refractivity contribution in [1.29, 1.82) is 0 Å². The molecule has 0 saturated carbocycles. The summed E-state index contributed by atoms with van der Waals surface area (Å²) in [6, 6.07) is 14.2. The van der Waals surface area contributed by atoms with Gasteiger partial charge in [0.2, 0.25) is 0 Å². The highest BCUT2D eigenvalue weighted by atomic mass is 35.5. The van der Waals surface area contributed by atoms with Gasteiger partial charge in [0.05, 0.1) is 6.61 Å². The Bertz CT molecular complexity index is 645. The molecular weight excluding hydrogens is 298 g/mol. The van der Waals surface area contributed by atoms with E-state index in [-0.39, 0.29) is 6.61 Å². The zero-order valence-electron chi connectivity index (χ0n) is 12.5. The molecule has 1 aliphatic rings. The highest BCUT2D eigenvalue weighted by Gasteiger charge is 2.19. The number of fused-ring (bicyclic) bond motifs is 1. The van der Waals surface area contributed by atoms with Gasteiger partial charge in [0.25, 0.3) is 0 Å². The molecule has 0 radical (unpaired) electrons. The van der Waals surface area contributed by atoms with Crippen molar-refractivity contribution in [1.82, 2.24) is 4.90 Å². The van der Waals surface area contributed by atoms with Gasteiger partial charge < -0.3 is 9.84 Å². The Morgan fingerprint density at radius 3 is 2.86 bits per heavy atom. The topological polar surface area (TPSA) is 32.7 Å². The molecule has 2 aromatic carbocycles. The van der Waals surface area contributed by atoms with E-state index in [1.807, 2.05) is 30.3 Å². The quantitative estimate of drug-likeness (QED) is 0.918. The van der Waals surface area contributed by atoms with Gasteiger partial charge in [-0.2, -0.15) is 0 Å². The number of benzene rings is 2. The van der Waals surface area contributed by atoms with Crippen LogP contribution < -0.4 is 4.74 Å². The highest BCUT2D eigenvalue weighted by molar-refractivity contribution is 6.31. The number of halogens is 1. The lowest BCUT2D eigenvalue weighted by atomic mass is 9.99. The monoisotopic (exact) mass is 317 g/mol. The molecule has 0 aliphatic carbocycles. The fraction of sp³-hybridized carbons (Fsp3) is 0.333. The summed E-state index contributed by atoms with van der Waals surface area (Å²) in [5.74, 6) is 0.855. The molecule has 0 spiro atoms. The Hall–Kier alpha value is -1.55. The average molecular weight is 318 g/mol. The smallest absolute Gasteiger partial charge is 0.123 e. The minimum absolute atomic E-state index is 0.0317. The highest BCUT2D eigenvalue weighted by Crippen LogP contribution is 2.28. The average Bonchev–Trinajstić information content (AvgIpc) is 2.54. The third-order valence-corrected chi connectivity index (χ3v) is 4.36. The van der Waals surface area contributed by atoms with Gasteiger partial charge in [-0.1, -0.05) is 41.9 Å². The maximum absolute atomic E-state index is 8.93. The summed E-state index contributed by atoms with van der Waals surface area (Å²) < 4.78 is 5.62. The lowest BCUT2D eigenvalue weighted by molar-refractivity contribution is 0.195. The summed E-state index contributed by atoms with van der Waals surface area (Å²) in [5, 5.41) is 9.81. The van der Waals surface area contributed by atoms with Crippen LogP contribution in [0.5, 0.6) is 5.75 Å². The van der Waals surface area contributed by atoms with E-state index in [1.165, 1.54) is 11.1 Å². The minimum atomic E-state index is 0.0317. The van der Waals surface area contributed by atoms with Crippen LogP contribution in [0.1, 0.15) is 16.7 Å². The fourth-order valence-corrected chi connectivity index (χ4v) is 3.22. The maximum Gasteiger partial charge on any atom is 0.123 e. The Labute approximate surface area is 136 Å². The van der Waals surface area contributed by atoms with Gasteiger partial charge in [-0.25, -0.2) is 0 Å². The standard InChI is InChI=1S/C18H20ClNO2/c19-17-6-3-5-14-12-20(9-8-16(14)17)13-15-4-1-2-7-18(15)22-11-10-21/h1-7,21H,8-13H2. The summed E-state index contributed by atoms with van der Waals surface area (Å²) in [6.07, 6.45) is 0.981. The number of hydrogen-bond donors (Lipinski definition) is 1. The molecule has 4 heteroatoms. The molecule has 0 aromatic heterocycles. The molecule has 3 nitrogen and oxygen atoms in total. The van der Waals surface area contributed by atoms with Gasteiger partial charge in [0.15, 0.2) is 0 Å². The molecule has 0 fully saturated rings. The van der Waals surface area contributed by atoms with Gasteiger partial charge in [-0.3, -0.25) is 4.90 Å². The molecule has 0 saturated heterocycles. The van der Waals surface area contributed by atoms with Crippen LogP contribution in [0.15, 0.2) is 42.5 Å². The summed E-state index contributed by atoms with van der Waals surface area (Å²) in [4.78, 5) is 2.40. The van der Waals surface area contributed by atoms with Crippen LogP contribution >= 0.6 is 11.6 Å². The van der Waals surface area contributed by atoms with Crippen molar-refractivity contribution in [3.63, 3.8) is 0 Å². The lowest BCUT2D eigenvalue weighted by Gasteiger charge is -2.29. The van der Waals surface area contributed by atoms with E-state index in [9.17, 15) is 0 Å². The van der Waals surface area contributed by atoms with Crippen LogP contribution in [0, 0.1) is 0 Å². The van der Waals surface area contributed by atoms with Crippen molar-refractivity contribution in [3.8, 4) is 5.75 Å². The second kappa shape index (κ2) is 7.14. The fourth-order valence-electron chi connectivity index (χ4n) is 2.93. The van der Waals surface area contributed by atoms with Crippen LogP contribution in [0.2, 0.25) is 5.02 Å². The number of rotatable bonds is 5. The Balaban J connectivity index is 1.72. The van der Waals surface area contributed by atoms with Crippen molar-refractivity contribution < 1.29 is 9.84 Å². The molecule has 116 valence electrons. The molecule has 1 aliphatic heterocycles. The van der Waals surface area contributed by atoms with Gasteiger partial charge >= 0.3 is 0 Å². The number of hydrogen-bond acceptors (Lipinski definition) is 3. The van der Waals surface area contributed by atoms with Crippen LogP contribution in [-0.4, -0.2) is 29.8 Å². The molecule has 1 N–H and O–H groups in total. The number of nitrogens with zero attached hydrogens (tertiary/aromatic N) is 1. The van der Waals surface area contributed by atoms with Crippen molar-refractivity contribution in [2.75, 3.05) is 19.8 Å². The van der Waals surface area contributed by atoms with E-state index in [0.29, 0.717) is 6.61 Å². The number of aliphatic hydroxyl groups excluding tert-OH is 1. The second-order valence-electron chi connectivity index (χ2n) is 5.52. The lowest BCUT2D eigenvalue weighted by Crippen LogP contribution is -2.30. The van der Waals surface area contributed by atoms with E-state index >= 15 is 0 Å². The van der Waals surface area contributed by atoms with Crippen LogP contribution in [-0.2, 0) is 19.5 Å². The predicted molar refractivity (Wildman–Crippen MR) is 88.3 cm³/mol. The number of ether oxygens (including phenoxy) is 1. The molecule has 0 atom stereocenters. The Morgan fingerprint density at radius 1 is 1.14 bits per heavy atom. The van der Waals surface area contributed by atoms with Gasteiger partial charge in [0.1, 0.15) is 12.4 Å². The van der Waals surface area contributed by atoms with E-state index < -0.39 is 0 Å². The van der Waals surface area contributed by atoms with Crippen LogP contribution in [0.3, 0.4) is 0 Å². The molecule has 1 heterocycles. The molecular formula is C18H20ClNO2. The summed E-state index contributed by atoms with van der Waals surface area (Å²) in [7, 11) is 0. The molecule has 0 bridgehead atoms. The third-order valence-electron chi connectivity index (χ3n) is 4.00. The number of para-hydroxylation sites is 1. The first kappa shape index (κ1) is 15.3. The minimum Gasteiger partial charge on any atom is -0.491 e. The molecule has 0 amide bonds. The first-order chi connectivity index (χ1) is 10.8. The predicted octanol–water partition coefficient (Wildman–Crippen LogP) is 3.27. The summed E-state index contributed by atoms with van der Waals surface area (Å²) in [6.45, 7) is 3.10.